The number of nitrogens with two attached hydrogens (primary N) is 1. The average Bonchev–Trinajstić information content (AvgIpc) is 2.28. The molecule has 4 nitrogen and oxygen atoms in total. The van der Waals surface area contributed by atoms with Crippen LogP contribution in [0.5, 0.6) is 0 Å². The second kappa shape index (κ2) is 12.5. The minimum Gasteiger partial charge on any atom is -0.385 e. The van der Waals surface area contributed by atoms with Crippen LogP contribution in [0.15, 0.2) is 0 Å². The van der Waals surface area contributed by atoms with Gasteiger partial charge in [0.2, 0.25) is 5.91 Å². The lowest BCUT2D eigenvalue weighted by atomic mass is 10.1. The van der Waals surface area contributed by atoms with E-state index in [4.69, 9.17) is 10.5 Å². The van der Waals surface area contributed by atoms with Gasteiger partial charge in [-0.15, -0.1) is 0 Å². The zero-order chi connectivity index (χ0) is 12.1. The van der Waals surface area contributed by atoms with Crippen LogP contribution in [-0.4, -0.2) is 32.7 Å². The molecule has 0 saturated heterocycles. The first-order valence-corrected chi connectivity index (χ1v) is 6.27. The highest BCUT2D eigenvalue weighted by Gasteiger charge is 1.99. The summed E-state index contributed by atoms with van der Waals surface area (Å²) in [6, 6.07) is 0. The quantitative estimate of drug-likeness (QED) is 0.528. The first-order chi connectivity index (χ1) is 7.81. The maximum atomic E-state index is 11.3. The largest absolute Gasteiger partial charge is 0.385 e. The van der Waals surface area contributed by atoms with Gasteiger partial charge < -0.3 is 15.8 Å². The summed E-state index contributed by atoms with van der Waals surface area (Å²) in [5, 5.41) is 2.91. The standard InChI is InChI=1S/C12H26N2O2/c1-16-11-7-6-10-14-12(15)8-4-2-3-5-9-13/h2-11,13H2,1H3,(H,14,15). The molecule has 0 aromatic rings. The maximum Gasteiger partial charge on any atom is 0.219 e. The number of unbranched alkanes of at least 4 members (excludes halogenated alkanes) is 4. The summed E-state index contributed by atoms with van der Waals surface area (Å²) in [6.45, 7) is 2.30. The van der Waals surface area contributed by atoms with E-state index in [2.05, 4.69) is 5.32 Å². The van der Waals surface area contributed by atoms with Crippen molar-refractivity contribution < 1.29 is 9.53 Å². The number of carbonyl (C=O) groups excluding carboxylic acids is 1. The summed E-state index contributed by atoms with van der Waals surface area (Å²) < 4.78 is 4.93. The van der Waals surface area contributed by atoms with Gasteiger partial charge in [-0.05, 0) is 32.2 Å². The molecule has 3 N–H and O–H groups in total. The van der Waals surface area contributed by atoms with Crippen molar-refractivity contribution in [3.8, 4) is 0 Å². The molecule has 0 unspecified atom stereocenters. The van der Waals surface area contributed by atoms with Crippen LogP contribution in [-0.2, 0) is 9.53 Å². The predicted molar refractivity (Wildman–Crippen MR) is 66.3 cm³/mol. The first kappa shape index (κ1) is 15.4. The van der Waals surface area contributed by atoms with E-state index >= 15 is 0 Å². The molecule has 0 aromatic heterocycles. The van der Waals surface area contributed by atoms with Crippen molar-refractivity contribution in [2.75, 3.05) is 26.8 Å². The third-order valence-electron chi connectivity index (χ3n) is 2.46. The molecule has 0 fully saturated rings. The van der Waals surface area contributed by atoms with Crippen LogP contribution < -0.4 is 11.1 Å². The van der Waals surface area contributed by atoms with E-state index < -0.39 is 0 Å². The van der Waals surface area contributed by atoms with Crippen molar-refractivity contribution in [2.24, 2.45) is 5.73 Å². The van der Waals surface area contributed by atoms with Gasteiger partial charge >= 0.3 is 0 Å². The Morgan fingerprint density at radius 2 is 1.88 bits per heavy atom. The highest BCUT2D eigenvalue weighted by atomic mass is 16.5. The van der Waals surface area contributed by atoms with E-state index in [1.807, 2.05) is 0 Å². The fourth-order valence-corrected chi connectivity index (χ4v) is 1.47. The van der Waals surface area contributed by atoms with Gasteiger partial charge in [0.15, 0.2) is 0 Å². The third-order valence-corrected chi connectivity index (χ3v) is 2.46. The van der Waals surface area contributed by atoms with Crippen LogP contribution in [0.1, 0.15) is 44.9 Å². The molecule has 0 heterocycles. The van der Waals surface area contributed by atoms with Crippen LogP contribution in [0.25, 0.3) is 0 Å². The van der Waals surface area contributed by atoms with Crippen molar-refractivity contribution in [2.45, 2.75) is 44.9 Å². The van der Waals surface area contributed by atoms with Crippen molar-refractivity contribution in [1.29, 1.82) is 0 Å². The molecule has 0 spiro atoms. The van der Waals surface area contributed by atoms with Gasteiger partial charge in [-0.1, -0.05) is 12.8 Å². The molecule has 0 aromatic carbocycles. The fourth-order valence-electron chi connectivity index (χ4n) is 1.47. The molecule has 0 rings (SSSR count). The SMILES string of the molecule is COCCCCNC(=O)CCCCCCN. The Morgan fingerprint density at radius 3 is 2.56 bits per heavy atom. The van der Waals surface area contributed by atoms with Gasteiger partial charge in [-0.2, -0.15) is 0 Å². The smallest absolute Gasteiger partial charge is 0.219 e. The molecular weight excluding hydrogens is 204 g/mol. The van der Waals surface area contributed by atoms with Gasteiger partial charge in [-0.3, -0.25) is 4.79 Å². The van der Waals surface area contributed by atoms with Crippen molar-refractivity contribution in [3.63, 3.8) is 0 Å². The fraction of sp³-hybridized carbons (Fsp3) is 0.917. The number of nitrogens with one attached hydrogen (secondary N) is 1. The van der Waals surface area contributed by atoms with E-state index in [9.17, 15) is 4.79 Å². The number of methoxy groups -OCH3 is 1. The Bertz CT molecular complexity index is 147. The van der Waals surface area contributed by atoms with E-state index in [1.54, 1.807) is 7.11 Å². The molecular formula is C12H26N2O2. The number of rotatable bonds is 11. The second-order valence-corrected chi connectivity index (χ2v) is 4.00. The van der Waals surface area contributed by atoms with E-state index in [0.717, 1.165) is 58.2 Å². The van der Waals surface area contributed by atoms with Gasteiger partial charge in [-0.25, -0.2) is 0 Å². The van der Waals surface area contributed by atoms with Crippen molar-refractivity contribution in [3.05, 3.63) is 0 Å². The zero-order valence-corrected chi connectivity index (χ0v) is 10.5. The van der Waals surface area contributed by atoms with Crippen LogP contribution in [0, 0.1) is 0 Å². The van der Waals surface area contributed by atoms with Gasteiger partial charge in [0, 0.05) is 26.7 Å². The average molecular weight is 230 g/mol. The molecule has 96 valence electrons. The number of amides is 1. The monoisotopic (exact) mass is 230 g/mol. The van der Waals surface area contributed by atoms with Crippen molar-refractivity contribution >= 4 is 5.91 Å². The van der Waals surface area contributed by atoms with Gasteiger partial charge in [0.1, 0.15) is 0 Å². The highest BCUT2D eigenvalue weighted by Crippen LogP contribution is 2.01. The molecule has 4 heteroatoms. The minimum absolute atomic E-state index is 0.171. The Kier molecular flexibility index (Phi) is 12.0. The highest BCUT2D eigenvalue weighted by molar-refractivity contribution is 5.75. The van der Waals surface area contributed by atoms with Crippen LogP contribution in [0.2, 0.25) is 0 Å². The molecule has 16 heavy (non-hydrogen) atoms. The minimum atomic E-state index is 0.171. The van der Waals surface area contributed by atoms with Crippen LogP contribution in [0.3, 0.4) is 0 Å². The Morgan fingerprint density at radius 1 is 1.12 bits per heavy atom. The zero-order valence-electron chi connectivity index (χ0n) is 10.5. The normalized spacial score (nSPS) is 10.4. The molecule has 0 atom stereocenters. The third kappa shape index (κ3) is 11.5. The second-order valence-electron chi connectivity index (χ2n) is 4.00. The number of hydrogen-bond acceptors (Lipinski definition) is 3. The van der Waals surface area contributed by atoms with E-state index in [0.29, 0.717) is 6.42 Å². The van der Waals surface area contributed by atoms with Crippen LogP contribution >= 0.6 is 0 Å². The summed E-state index contributed by atoms with van der Waals surface area (Å²) >= 11 is 0. The molecule has 0 bridgehead atoms. The van der Waals surface area contributed by atoms with Crippen LogP contribution in [0.4, 0.5) is 0 Å². The molecule has 1 amide bonds. The van der Waals surface area contributed by atoms with Gasteiger partial charge in [0.25, 0.3) is 0 Å². The summed E-state index contributed by atoms with van der Waals surface area (Å²) in [6.07, 6.45) is 6.93. The maximum absolute atomic E-state index is 11.3. The lowest BCUT2D eigenvalue weighted by Crippen LogP contribution is -2.24. The Balaban J connectivity index is 3.12. The molecule has 0 saturated carbocycles. The summed E-state index contributed by atoms with van der Waals surface area (Å²) in [4.78, 5) is 11.3. The number of carbonyl (C=O) groups is 1. The lowest BCUT2D eigenvalue weighted by molar-refractivity contribution is -0.121. The van der Waals surface area contributed by atoms with Gasteiger partial charge in [0.05, 0.1) is 0 Å². The number of ether oxygens (including phenoxy) is 1. The predicted octanol–water partition coefficient (Wildman–Crippen LogP) is 1.44. The first-order valence-electron chi connectivity index (χ1n) is 6.27. The molecule has 0 aliphatic carbocycles. The van der Waals surface area contributed by atoms with Crippen molar-refractivity contribution in [1.82, 2.24) is 5.32 Å². The topological polar surface area (TPSA) is 64.3 Å². The van der Waals surface area contributed by atoms with E-state index in [1.165, 1.54) is 0 Å². The summed E-state index contributed by atoms with van der Waals surface area (Å²) in [7, 11) is 1.69. The molecule has 0 aliphatic heterocycles. The molecule has 0 radical (unpaired) electrons. The number of hydrogen-bond donors (Lipinski definition) is 2. The Hall–Kier alpha value is -0.610. The summed E-state index contributed by atoms with van der Waals surface area (Å²) in [5.41, 5.74) is 5.39. The van der Waals surface area contributed by atoms with E-state index in [-0.39, 0.29) is 5.91 Å². The lowest BCUT2D eigenvalue weighted by Gasteiger charge is -2.04. The Labute approximate surface area is 98.9 Å². The summed E-state index contributed by atoms with van der Waals surface area (Å²) in [5.74, 6) is 0.171. The molecule has 0 aliphatic rings.